The molecule has 0 unspecified atom stereocenters. The zero-order chi connectivity index (χ0) is 13.8. The number of amides is 1. The highest BCUT2D eigenvalue weighted by Crippen LogP contribution is 2.18. The second-order valence-electron chi connectivity index (χ2n) is 3.94. The molecule has 19 heavy (non-hydrogen) atoms. The van der Waals surface area contributed by atoms with E-state index in [1.165, 1.54) is 11.3 Å². The molecule has 0 aromatic carbocycles. The van der Waals surface area contributed by atoms with Crippen LogP contribution in [0, 0.1) is 6.92 Å². The summed E-state index contributed by atoms with van der Waals surface area (Å²) >= 11 is 4.80. The van der Waals surface area contributed by atoms with E-state index in [0.717, 1.165) is 15.0 Å². The van der Waals surface area contributed by atoms with Gasteiger partial charge in [-0.3, -0.25) is 4.79 Å². The molecule has 5 nitrogen and oxygen atoms in total. The molecular weight excluding hydrogens is 328 g/mol. The molecule has 0 bridgehead atoms. The number of thiazole rings is 1. The van der Waals surface area contributed by atoms with E-state index in [2.05, 4.69) is 31.2 Å². The van der Waals surface area contributed by atoms with Gasteiger partial charge in [0, 0.05) is 22.5 Å². The number of nitrogens with two attached hydrogens (primary N) is 1. The zero-order valence-corrected chi connectivity index (χ0v) is 12.7. The molecule has 2 heterocycles. The van der Waals surface area contributed by atoms with Crippen LogP contribution in [0.1, 0.15) is 21.1 Å². The van der Waals surface area contributed by atoms with Crippen LogP contribution in [0.25, 0.3) is 0 Å². The van der Waals surface area contributed by atoms with Crippen molar-refractivity contribution in [3.8, 4) is 0 Å². The van der Waals surface area contributed by atoms with Crippen molar-refractivity contribution in [2.24, 2.45) is 5.73 Å². The van der Waals surface area contributed by atoms with Crippen molar-refractivity contribution in [2.45, 2.75) is 13.3 Å². The predicted octanol–water partition coefficient (Wildman–Crippen LogP) is 2.36. The van der Waals surface area contributed by atoms with Crippen molar-refractivity contribution in [2.75, 3.05) is 11.9 Å². The van der Waals surface area contributed by atoms with Crippen LogP contribution in [0.5, 0.6) is 0 Å². The topological polar surface area (TPSA) is 80.9 Å². The first-order chi connectivity index (χ1) is 9.10. The highest BCUT2D eigenvalue weighted by molar-refractivity contribution is 9.10. The average Bonchev–Trinajstić information content (AvgIpc) is 2.83. The number of aromatic nitrogens is 2. The molecule has 100 valence electrons. The van der Waals surface area contributed by atoms with Crippen molar-refractivity contribution in [1.29, 1.82) is 0 Å². The van der Waals surface area contributed by atoms with E-state index in [9.17, 15) is 4.79 Å². The Morgan fingerprint density at radius 1 is 1.58 bits per heavy atom. The van der Waals surface area contributed by atoms with Gasteiger partial charge in [0.15, 0.2) is 0 Å². The molecular formula is C12H13BrN4OS. The molecule has 2 rings (SSSR count). The van der Waals surface area contributed by atoms with Gasteiger partial charge in [0.05, 0.1) is 5.01 Å². The fourth-order valence-corrected chi connectivity index (χ4v) is 2.45. The number of rotatable bonds is 4. The first kappa shape index (κ1) is 14.1. The fraction of sp³-hybridized carbons (Fsp3) is 0.250. The highest BCUT2D eigenvalue weighted by atomic mass is 79.9. The van der Waals surface area contributed by atoms with Crippen molar-refractivity contribution < 1.29 is 4.79 Å². The van der Waals surface area contributed by atoms with Crippen LogP contribution < -0.4 is 11.1 Å². The molecule has 2 aromatic heterocycles. The molecule has 0 atom stereocenters. The molecule has 0 spiro atoms. The van der Waals surface area contributed by atoms with Crippen molar-refractivity contribution in [3.63, 3.8) is 0 Å². The number of pyridine rings is 1. The van der Waals surface area contributed by atoms with E-state index in [1.807, 2.05) is 6.92 Å². The Morgan fingerprint density at radius 3 is 3.05 bits per heavy atom. The molecule has 7 heteroatoms. The monoisotopic (exact) mass is 340 g/mol. The molecule has 0 saturated carbocycles. The fourth-order valence-electron chi connectivity index (χ4n) is 1.44. The number of hydrogen-bond donors (Lipinski definition) is 2. The van der Waals surface area contributed by atoms with Crippen LogP contribution in [0.3, 0.4) is 0 Å². The Kier molecular flexibility index (Phi) is 4.62. The number of hydrogen-bond acceptors (Lipinski definition) is 5. The predicted molar refractivity (Wildman–Crippen MR) is 79.5 cm³/mol. The summed E-state index contributed by atoms with van der Waals surface area (Å²) in [7, 11) is 0. The Hall–Kier alpha value is -1.31. The summed E-state index contributed by atoms with van der Waals surface area (Å²) in [5, 5.41) is 5.32. The van der Waals surface area contributed by atoms with Crippen molar-refractivity contribution >= 4 is 39.0 Å². The second kappa shape index (κ2) is 6.23. The van der Waals surface area contributed by atoms with Gasteiger partial charge in [-0.2, -0.15) is 0 Å². The Balaban J connectivity index is 2.09. The van der Waals surface area contributed by atoms with Gasteiger partial charge in [-0.25, -0.2) is 9.97 Å². The van der Waals surface area contributed by atoms with Crippen LogP contribution in [0.4, 0.5) is 5.82 Å². The molecule has 0 aliphatic rings. The quantitative estimate of drug-likeness (QED) is 0.895. The normalized spacial score (nSPS) is 10.5. The van der Waals surface area contributed by atoms with Gasteiger partial charge in [0.2, 0.25) is 0 Å². The van der Waals surface area contributed by atoms with Gasteiger partial charge >= 0.3 is 0 Å². The van der Waals surface area contributed by atoms with Crippen LogP contribution >= 0.6 is 27.3 Å². The Bertz CT molecular complexity index is 599. The lowest BCUT2D eigenvalue weighted by molar-refractivity contribution is 0.102. The number of carbonyl (C=O) groups is 1. The second-order valence-corrected chi connectivity index (χ2v) is 5.74. The maximum atomic E-state index is 12.0. The summed E-state index contributed by atoms with van der Waals surface area (Å²) in [6, 6.07) is 1.80. The minimum absolute atomic E-state index is 0.256. The van der Waals surface area contributed by atoms with Crippen LogP contribution in [-0.2, 0) is 6.42 Å². The van der Waals surface area contributed by atoms with Crippen molar-refractivity contribution in [3.05, 3.63) is 38.4 Å². The summed E-state index contributed by atoms with van der Waals surface area (Å²) in [5.74, 6) is 0.257. The lowest BCUT2D eigenvalue weighted by atomic mass is 10.3. The van der Waals surface area contributed by atoms with Gasteiger partial charge < -0.3 is 11.1 Å². The van der Waals surface area contributed by atoms with E-state index in [-0.39, 0.29) is 5.91 Å². The third-order valence-corrected chi connectivity index (χ3v) is 4.17. The Labute approximate surface area is 123 Å². The number of carbonyl (C=O) groups excluding carboxylic acids is 1. The summed E-state index contributed by atoms with van der Waals surface area (Å²) in [6.45, 7) is 2.46. The minimum atomic E-state index is -0.256. The van der Waals surface area contributed by atoms with E-state index in [4.69, 9.17) is 5.73 Å². The van der Waals surface area contributed by atoms with Crippen molar-refractivity contribution in [1.82, 2.24) is 9.97 Å². The first-order valence-corrected chi connectivity index (χ1v) is 7.35. The van der Waals surface area contributed by atoms with Gasteiger partial charge in [0.1, 0.15) is 11.5 Å². The molecule has 2 aromatic rings. The minimum Gasteiger partial charge on any atom is -0.330 e. The van der Waals surface area contributed by atoms with Gasteiger partial charge in [-0.15, -0.1) is 11.3 Å². The van der Waals surface area contributed by atoms with Crippen LogP contribution in [0.15, 0.2) is 22.1 Å². The lowest BCUT2D eigenvalue weighted by Gasteiger charge is -2.04. The molecule has 0 fully saturated rings. The van der Waals surface area contributed by atoms with E-state index in [1.54, 1.807) is 17.6 Å². The average molecular weight is 341 g/mol. The summed E-state index contributed by atoms with van der Waals surface area (Å²) in [5.41, 5.74) is 6.86. The van der Waals surface area contributed by atoms with E-state index >= 15 is 0 Å². The van der Waals surface area contributed by atoms with Gasteiger partial charge in [-0.05, 0) is 41.0 Å². The SMILES string of the molecule is Cc1cc(NC(=O)c2csc(CCN)n2)ncc1Br. The molecule has 3 N–H and O–H groups in total. The Morgan fingerprint density at radius 2 is 2.37 bits per heavy atom. The summed E-state index contributed by atoms with van der Waals surface area (Å²) in [6.07, 6.45) is 2.35. The smallest absolute Gasteiger partial charge is 0.276 e. The van der Waals surface area contributed by atoms with Crippen LogP contribution in [0.2, 0.25) is 0 Å². The van der Waals surface area contributed by atoms with Crippen LogP contribution in [-0.4, -0.2) is 22.4 Å². The molecule has 1 amide bonds. The number of nitrogens with one attached hydrogen (secondary N) is 1. The third kappa shape index (κ3) is 3.59. The van der Waals surface area contributed by atoms with Gasteiger partial charge in [0.25, 0.3) is 5.91 Å². The number of halogens is 1. The maximum absolute atomic E-state index is 12.0. The molecule has 0 aliphatic carbocycles. The molecule has 0 radical (unpaired) electrons. The molecule has 0 saturated heterocycles. The summed E-state index contributed by atoms with van der Waals surface area (Å²) < 4.78 is 0.907. The van der Waals surface area contributed by atoms with Gasteiger partial charge in [-0.1, -0.05) is 0 Å². The lowest BCUT2D eigenvalue weighted by Crippen LogP contribution is -2.14. The zero-order valence-electron chi connectivity index (χ0n) is 10.3. The van der Waals surface area contributed by atoms with E-state index < -0.39 is 0 Å². The number of nitrogens with zero attached hydrogens (tertiary/aromatic N) is 2. The molecule has 0 aliphatic heterocycles. The number of anilines is 1. The third-order valence-electron chi connectivity index (χ3n) is 2.43. The first-order valence-electron chi connectivity index (χ1n) is 5.68. The standard InChI is InChI=1S/C12H13BrN4OS/c1-7-4-10(15-5-8(7)13)17-12(18)9-6-19-11(16-9)2-3-14/h4-6H,2-3,14H2,1H3,(H,15,17,18). The maximum Gasteiger partial charge on any atom is 0.276 e. The summed E-state index contributed by atoms with van der Waals surface area (Å²) in [4.78, 5) is 20.3. The highest BCUT2D eigenvalue weighted by Gasteiger charge is 2.11. The van der Waals surface area contributed by atoms with E-state index in [0.29, 0.717) is 24.5 Å². The largest absolute Gasteiger partial charge is 0.330 e. The number of aryl methyl sites for hydroxylation is 1.